The summed E-state index contributed by atoms with van der Waals surface area (Å²) in [5.41, 5.74) is 6.75. The zero-order chi connectivity index (χ0) is 31.9. The number of rotatable bonds is 5. The Morgan fingerprint density at radius 3 is 2.47 bits per heavy atom. The number of aliphatic imine (C=N–C) groups is 1. The van der Waals surface area contributed by atoms with Gasteiger partial charge in [-0.15, -0.1) is 0 Å². The zero-order valence-electron chi connectivity index (χ0n) is 24.0. The molecule has 1 saturated carbocycles. The number of carbonyl (C=O) groups is 3. The Bertz CT molecular complexity index is 1430. The molecular weight excluding hydrogens is 574 g/mol. The first-order valence-corrected chi connectivity index (χ1v) is 13.5. The predicted octanol–water partition coefficient (Wildman–Crippen LogP) is 4.28. The molecule has 14 heteroatoms. The van der Waals surface area contributed by atoms with Crippen molar-refractivity contribution in [2.45, 2.75) is 76.4 Å². The van der Waals surface area contributed by atoms with Crippen LogP contribution in [-0.4, -0.2) is 56.0 Å². The molecule has 2 aliphatic heterocycles. The number of carboxylic acids is 1. The van der Waals surface area contributed by atoms with E-state index in [0.717, 1.165) is 11.1 Å². The fourth-order valence-corrected chi connectivity index (χ4v) is 5.52. The normalized spacial score (nSPS) is 24.3. The van der Waals surface area contributed by atoms with Crippen LogP contribution < -0.4 is 15.8 Å². The minimum atomic E-state index is -5.08. The van der Waals surface area contributed by atoms with E-state index in [1.54, 1.807) is 18.5 Å². The first-order chi connectivity index (χ1) is 19.9. The van der Waals surface area contributed by atoms with Gasteiger partial charge < -0.3 is 20.9 Å². The van der Waals surface area contributed by atoms with Crippen molar-refractivity contribution in [1.82, 2.24) is 15.2 Å². The average molecular weight is 608 g/mol. The molecule has 1 unspecified atom stereocenters. The van der Waals surface area contributed by atoms with Crippen molar-refractivity contribution in [2.24, 2.45) is 22.6 Å². The number of amides is 2. The first-order valence-electron chi connectivity index (χ1n) is 13.5. The first kappa shape index (κ1) is 31.7. The van der Waals surface area contributed by atoms with Crippen molar-refractivity contribution < 1.29 is 41.8 Å². The summed E-state index contributed by atoms with van der Waals surface area (Å²) < 4.78 is 51.5. The van der Waals surface area contributed by atoms with Crippen LogP contribution in [0.4, 0.5) is 17.6 Å². The van der Waals surface area contributed by atoms with Crippen molar-refractivity contribution in [3.05, 3.63) is 59.7 Å². The van der Waals surface area contributed by atoms with Crippen molar-refractivity contribution in [1.29, 1.82) is 0 Å². The van der Waals surface area contributed by atoms with Gasteiger partial charge in [0.15, 0.2) is 5.96 Å². The lowest BCUT2D eigenvalue weighted by Crippen LogP contribution is -2.52. The summed E-state index contributed by atoms with van der Waals surface area (Å²) in [6.07, 6.45) is -0.305. The molecule has 1 aromatic carbocycles. The summed E-state index contributed by atoms with van der Waals surface area (Å²) in [6.45, 7) is 7.59. The predicted molar refractivity (Wildman–Crippen MR) is 146 cm³/mol. The maximum atomic E-state index is 13.8. The second kappa shape index (κ2) is 11.5. The molecule has 4 N–H and O–H groups in total. The van der Waals surface area contributed by atoms with Crippen LogP contribution in [0, 0.1) is 17.7 Å². The number of ether oxygens (including phenoxy) is 1. The number of nitrogens with zero attached hydrogens (tertiary/aromatic N) is 3. The topological polar surface area (TPSA) is 147 Å². The van der Waals surface area contributed by atoms with Crippen LogP contribution in [0.2, 0.25) is 0 Å². The molecule has 2 aromatic rings. The number of fused-ring (bicyclic) bond motifs is 1. The van der Waals surface area contributed by atoms with E-state index in [0.29, 0.717) is 18.6 Å². The minimum absolute atomic E-state index is 0.104. The van der Waals surface area contributed by atoms with Gasteiger partial charge in [-0.3, -0.25) is 19.5 Å². The largest absolute Gasteiger partial charge is 0.490 e. The van der Waals surface area contributed by atoms with Crippen LogP contribution in [0.3, 0.4) is 0 Å². The lowest BCUT2D eigenvalue weighted by Gasteiger charge is -2.38. The monoisotopic (exact) mass is 607 g/mol. The number of halogens is 4. The molecule has 5 rings (SSSR count). The Morgan fingerprint density at radius 2 is 1.88 bits per heavy atom. The van der Waals surface area contributed by atoms with Crippen LogP contribution in [0.25, 0.3) is 0 Å². The highest BCUT2D eigenvalue weighted by atomic mass is 19.4. The van der Waals surface area contributed by atoms with E-state index in [9.17, 15) is 27.2 Å². The number of carbonyl (C=O) groups excluding carboxylic acids is 2. The molecule has 0 saturated heterocycles. The maximum absolute atomic E-state index is 13.8. The average Bonchev–Trinajstić information content (AvgIpc) is 3.65. The number of alkyl halides is 3. The Morgan fingerprint density at radius 1 is 1.21 bits per heavy atom. The smallest absolute Gasteiger partial charge is 0.487 e. The molecule has 232 valence electrons. The second-order valence-corrected chi connectivity index (χ2v) is 12.1. The molecule has 1 fully saturated rings. The van der Waals surface area contributed by atoms with Crippen molar-refractivity contribution in [2.75, 3.05) is 0 Å². The Balaban J connectivity index is 0.000000541. The molecule has 1 aromatic heterocycles. The molecule has 43 heavy (non-hydrogen) atoms. The molecule has 1 aliphatic carbocycles. The molecule has 3 aliphatic rings. The van der Waals surface area contributed by atoms with Crippen LogP contribution in [0.1, 0.15) is 70.2 Å². The molecule has 0 bridgehead atoms. The lowest BCUT2D eigenvalue weighted by atomic mass is 9.89. The lowest BCUT2D eigenvalue weighted by molar-refractivity contribution is -0.192. The van der Waals surface area contributed by atoms with E-state index in [4.69, 9.17) is 20.4 Å². The quantitative estimate of drug-likeness (QED) is 0.430. The maximum Gasteiger partial charge on any atom is 0.490 e. The number of nitrogens with one attached hydrogen (secondary N) is 1. The van der Waals surface area contributed by atoms with Gasteiger partial charge in [-0.2, -0.15) is 13.2 Å². The second-order valence-electron chi connectivity index (χ2n) is 12.1. The van der Waals surface area contributed by atoms with Gasteiger partial charge in [0.1, 0.15) is 17.2 Å². The van der Waals surface area contributed by atoms with E-state index in [2.05, 4.69) is 15.3 Å². The number of hydrogen-bond acceptors (Lipinski definition) is 7. The number of hydrogen-bond donors (Lipinski definition) is 3. The molecule has 10 nitrogen and oxygen atoms in total. The van der Waals surface area contributed by atoms with Crippen LogP contribution >= 0.6 is 0 Å². The van der Waals surface area contributed by atoms with Gasteiger partial charge in [0.2, 0.25) is 11.8 Å². The number of benzene rings is 1. The third-order valence-electron chi connectivity index (χ3n) is 7.39. The van der Waals surface area contributed by atoms with Crippen LogP contribution in [0.15, 0.2) is 47.7 Å². The summed E-state index contributed by atoms with van der Waals surface area (Å²) >= 11 is 0. The molecular formula is C29H33F4N5O5. The van der Waals surface area contributed by atoms with Gasteiger partial charge in [-0.1, -0.05) is 12.1 Å². The highest BCUT2D eigenvalue weighted by molar-refractivity contribution is 5.99. The molecule has 2 amide bonds. The molecule has 4 atom stereocenters. The summed E-state index contributed by atoms with van der Waals surface area (Å²) in [7, 11) is 0. The van der Waals surface area contributed by atoms with E-state index >= 15 is 0 Å². The molecule has 0 spiro atoms. The number of carboxylic acid groups (broad SMARTS) is 1. The van der Waals surface area contributed by atoms with Crippen molar-refractivity contribution in [3.63, 3.8) is 0 Å². The number of guanidine groups is 1. The highest BCUT2D eigenvalue weighted by Gasteiger charge is 2.53. The van der Waals surface area contributed by atoms with Crippen molar-refractivity contribution >= 4 is 23.7 Å². The number of nitrogens with two attached hydrogens (primary N) is 1. The summed E-state index contributed by atoms with van der Waals surface area (Å²) in [5, 5.41) is 10.3. The van der Waals surface area contributed by atoms with E-state index in [1.165, 1.54) is 17.0 Å². The number of aromatic nitrogens is 1. The van der Waals surface area contributed by atoms with E-state index in [1.807, 2.05) is 39.8 Å². The van der Waals surface area contributed by atoms with E-state index < -0.39 is 29.3 Å². The SMILES string of the molecule is CC1(C)CC(=O)N([C@@H](c2cccnc2)[C@@H]2C[C@H]2C(=O)NC2CC(C)(C)Oc3cc(F)ccc32)C(N)=N1.O=C(O)C(F)(F)F. The van der Waals surface area contributed by atoms with Gasteiger partial charge in [-0.05, 0) is 57.7 Å². The molecule has 3 heterocycles. The summed E-state index contributed by atoms with van der Waals surface area (Å²) in [4.78, 5) is 45.9. The summed E-state index contributed by atoms with van der Waals surface area (Å²) in [6, 6.07) is 7.37. The summed E-state index contributed by atoms with van der Waals surface area (Å²) in [5.74, 6) is -3.18. The van der Waals surface area contributed by atoms with Gasteiger partial charge in [0.25, 0.3) is 0 Å². The third-order valence-corrected chi connectivity index (χ3v) is 7.39. The molecule has 0 radical (unpaired) electrons. The van der Waals surface area contributed by atoms with Crippen LogP contribution in [0.5, 0.6) is 5.75 Å². The zero-order valence-corrected chi connectivity index (χ0v) is 24.0. The van der Waals surface area contributed by atoms with Gasteiger partial charge in [0, 0.05) is 36.4 Å². The standard InChI is InChI=1S/C27H32FN5O3.C2HF3O2/c1-26(2)13-22(34)33(25(29)32-26)23(15-6-5-9-30-14-15)18-11-19(18)24(35)31-20-12-27(3,4)36-21-10-16(28)7-8-17(20)21;3-2(4,5)1(6)7/h5-10,14,18-20,23H,11-13H2,1-4H3,(H2,29,32)(H,31,35);(H,6,7)/t18-,19-,20?,23+;/m1./s1. The van der Waals surface area contributed by atoms with Gasteiger partial charge >= 0.3 is 12.1 Å². The van der Waals surface area contributed by atoms with Gasteiger partial charge in [0.05, 0.1) is 24.0 Å². The number of pyridine rings is 1. The number of aliphatic carboxylic acids is 1. The van der Waals surface area contributed by atoms with Crippen molar-refractivity contribution in [3.8, 4) is 5.75 Å². The Kier molecular flexibility index (Phi) is 8.44. The third kappa shape index (κ3) is 7.41. The van der Waals surface area contributed by atoms with Gasteiger partial charge in [-0.25, -0.2) is 14.2 Å². The van der Waals surface area contributed by atoms with E-state index in [-0.39, 0.29) is 47.9 Å². The fraction of sp³-hybridized carbons (Fsp3) is 0.483. The highest BCUT2D eigenvalue weighted by Crippen LogP contribution is 2.51. The minimum Gasteiger partial charge on any atom is -0.487 e. The van der Waals surface area contributed by atoms with Crippen LogP contribution in [-0.2, 0) is 14.4 Å². The Hall–Kier alpha value is -4.23. The fourth-order valence-electron chi connectivity index (χ4n) is 5.52. The Labute approximate surface area is 245 Å².